The SMILES string of the molecule is CCc1ccccc1NC(=O)CCNc1ccc(C(C)(C)C)cc1. The molecule has 0 aliphatic heterocycles. The summed E-state index contributed by atoms with van der Waals surface area (Å²) in [5.74, 6) is 0.0368. The summed E-state index contributed by atoms with van der Waals surface area (Å²) in [4.78, 5) is 12.1. The third-order valence-corrected chi connectivity index (χ3v) is 4.10. The molecule has 0 heterocycles. The molecule has 128 valence electrons. The van der Waals surface area contributed by atoms with E-state index in [-0.39, 0.29) is 11.3 Å². The van der Waals surface area contributed by atoms with E-state index < -0.39 is 0 Å². The van der Waals surface area contributed by atoms with Gasteiger partial charge in [-0.25, -0.2) is 0 Å². The van der Waals surface area contributed by atoms with Crippen LogP contribution in [0, 0.1) is 0 Å². The number of hydrogen-bond acceptors (Lipinski definition) is 2. The third-order valence-electron chi connectivity index (χ3n) is 4.10. The average molecular weight is 324 g/mol. The molecule has 0 saturated heterocycles. The lowest BCUT2D eigenvalue weighted by Gasteiger charge is -2.19. The maximum atomic E-state index is 12.1. The molecule has 2 aromatic carbocycles. The van der Waals surface area contributed by atoms with Crippen LogP contribution in [0.4, 0.5) is 11.4 Å². The predicted octanol–water partition coefficient (Wildman–Crippen LogP) is 4.99. The summed E-state index contributed by atoms with van der Waals surface area (Å²) in [5.41, 5.74) is 4.59. The molecule has 0 fully saturated rings. The molecule has 0 bridgehead atoms. The molecule has 0 aliphatic rings. The van der Waals surface area contributed by atoms with Crippen LogP contribution in [0.15, 0.2) is 48.5 Å². The molecule has 2 N–H and O–H groups in total. The Morgan fingerprint density at radius 3 is 2.29 bits per heavy atom. The van der Waals surface area contributed by atoms with Crippen molar-refractivity contribution in [1.82, 2.24) is 0 Å². The second kappa shape index (κ2) is 8.00. The van der Waals surface area contributed by atoms with E-state index >= 15 is 0 Å². The van der Waals surface area contributed by atoms with E-state index in [0.717, 1.165) is 23.4 Å². The van der Waals surface area contributed by atoms with Crippen molar-refractivity contribution in [3.8, 4) is 0 Å². The van der Waals surface area contributed by atoms with E-state index in [0.29, 0.717) is 13.0 Å². The molecule has 0 aliphatic carbocycles. The number of para-hydroxylation sites is 1. The van der Waals surface area contributed by atoms with Gasteiger partial charge in [0.25, 0.3) is 0 Å². The van der Waals surface area contributed by atoms with Crippen LogP contribution in [-0.2, 0) is 16.6 Å². The molecule has 0 saturated carbocycles. The standard InChI is InChI=1S/C21H28N2O/c1-5-16-8-6-7-9-19(16)23-20(24)14-15-22-18-12-10-17(11-13-18)21(2,3)4/h6-13,22H,5,14-15H2,1-4H3,(H,23,24). The van der Waals surface area contributed by atoms with Gasteiger partial charge in [-0.1, -0.05) is 58.0 Å². The largest absolute Gasteiger partial charge is 0.385 e. The molecule has 0 spiro atoms. The number of nitrogens with one attached hydrogen (secondary N) is 2. The quantitative estimate of drug-likeness (QED) is 0.786. The van der Waals surface area contributed by atoms with Crippen LogP contribution in [0.2, 0.25) is 0 Å². The van der Waals surface area contributed by atoms with Crippen molar-refractivity contribution in [2.45, 2.75) is 46.0 Å². The van der Waals surface area contributed by atoms with Crippen molar-refractivity contribution in [3.63, 3.8) is 0 Å². The van der Waals surface area contributed by atoms with Gasteiger partial charge in [0.1, 0.15) is 0 Å². The summed E-state index contributed by atoms with van der Waals surface area (Å²) in [5, 5.41) is 6.31. The maximum absolute atomic E-state index is 12.1. The van der Waals surface area contributed by atoms with Gasteiger partial charge in [-0.15, -0.1) is 0 Å². The van der Waals surface area contributed by atoms with E-state index in [1.54, 1.807) is 0 Å². The second-order valence-corrected chi connectivity index (χ2v) is 7.06. The summed E-state index contributed by atoms with van der Waals surface area (Å²) in [7, 11) is 0. The first-order valence-corrected chi connectivity index (χ1v) is 8.62. The molecule has 0 atom stereocenters. The highest BCUT2D eigenvalue weighted by molar-refractivity contribution is 5.91. The summed E-state index contributed by atoms with van der Waals surface area (Å²) in [6.45, 7) is 9.32. The Balaban J connectivity index is 1.82. The molecule has 0 unspecified atom stereocenters. The van der Waals surface area contributed by atoms with Gasteiger partial charge in [0.2, 0.25) is 5.91 Å². The minimum Gasteiger partial charge on any atom is -0.385 e. The van der Waals surface area contributed by atoms with Crippen molar-refractivity contribution in [2.75, 3.05) is 17.2 Å². The monoisotopic (exact) mass is 324 g/mol. The van der Waals surface area contributed by atoms with Crippen molar-refractivity contribution in [3.05, 3.63) is 59.7 Å². The van der Waals surface area contributed by atoms with Crippen molar-refractivity contribution in [1.29, 1.82) is 0 Å². The van der Waals surface area contributed by atoms with Crippen LogP contribution in [0.25, 0.3) is 0 Å². The molecule has 1 amide bonds. The number of carbonyl (C=O) groups is 1. The van der Waals surface area contributed by atoms with Gasteiger partial charge in [0.05, 0.1) is 0 Å². The fourth-order valence-electron chi connectivity index (χ4n) is 2.57. The van der Waals surface area contributed by atoms with Gasteiger partial charge in [0.15, 0.2) is 0 Å². The van der Waals surface area contributed by atoms with Crippen molar-refractivity contribution in [2.24, 2.45) is 0 Å². The van der Waals surface area contributed by atoms with Crippen LogP contribution in [0.5, 0.6) is 0 Å². The van der Waals surface area contributed by atoms with Crippen LogP contribution < -0.4 is 10.6 Å². The highest BCUT2D eigenvalue weighted by Gasteiger charge is 2.12. The molecular weight excluding hydrogens is 296 g/mol. The fraction of sp³-hybridized carbons (Fsp3) is 0.381. The normalized spacial score (nSPS) is 11.2. The van der Waals surface area contributed by atoms with Gasteiger partial charge in [-0.05, 0) is 41.2 Å². The van der Waals surface area contributed by atoms with E-state index in [1.807, 2.05) is 24.3 Å². The molecule has 2 aromatic rings. The minimum absolute atomic E-state index is 0.0368. The Labute approximate surface area is 145 Å². The number of rotatable bonds is 6. The number of benzene rings is 2. The van der Waals surface area contributed by atoms with Gasteiger partial charge >= 0.3 is 0 Å². The number of carbonyl (C=O) groups excluding carboxylic acids is 1. The lowest BCUT2D eigenvalue weighted by Crippen LogP contribution is -2.17. The molecule has 2 rings (SSSR count). The lowest BCUT2D eigenvalue weighted by atomic mass is 9.87. The average Bonchev–Trinajstić information content (AvgIpc) is 2.55. The van der Waals surface area contributed by atoms with Gasteiger partial charge in [0, 0.05) is 24.3 Å². The van der Waals surface area contributed by atoms with Gasteiger partial charge < -0.3 is 10.6 Å². The van der Waals surface area contributed by atoms with E-state index in [4.69, 9.17) is 0 Å². The number of amides is 1. The molecule has 0 aromatic heterocycles. The second-order valence-electron chi connectivity index (χ2n) is 7.06. The van der Waals surface area contributed by atoms with Crippen molar-refractivity contribution >= 4 is 17.3 Å². The Morgan fingerprint density at radius 2 is 1.67 bits per heavy atom. The molecular formula is C21H28N2O. The van der Waals surface area contributed by atoms with Gasteiger partial charge in [-0.3, -0.25) is 4.79 Å². The summed E-state index contributed by atoms with van der Waals surface area (Å²) >= 11 is 0. The highest BCUT2D eigenvalue weighted by atomic mass is 16.1. The van der Waals surface area contributed by atoms with E-state index in [9.17, 15) is 4.79 Å². The van der Waals surface area contributed by atoms with Crippen LogP contribution in [-0.4, -0.2) is 12.5 Å². The number of hydrogen-bond donors (Lipinski definition) is 2. The zero-order valence-corrected chi connectivity index (χ0v) is 15.1. The van der Waals surface area contributed by atoms with Crippen LogP contribution in [0.3, 0.4) is 0 Å². The first kappa shape index (κ1) is 18.1. The van der Waals surface area contributed by atoms with Crippen molar-refractivity contribution < 1.29 is 4.79 Å². The lowest BCUT2D eigenvalue weighted by molar-refractivity contribution is -0.115. The van der Waals surface area contributed by atoms with Crippen LogP contribution in [0.1, 0.15) is 45.2 Å². The topological polar surface area (TPSA) is 41.1 Å². The zero-order valence-electron chi connectivity index (χ0n) is 15.1. The van der Waals surface area contributed by atoms with E-state index in [1.165, 1.54) is 5.56 Å². The predicted molar refractivity (Wildman–Crippen MR) is 103 cm³/mol. The third kappa shape index (κ3) is 5.12. The Bertz CT molecular complexity index is 669. The zero-order chi connectivity index (χ0) is 17.6. The molecule has 3 heteroatoms. The van der Waals surface area contributed by atoms with Gasteiger partial charge in [-0.2, -0.15) is 0 Å². The minimum atomic E-state index is 0.0368. The van der Waals surface area contributed by atoms with E-state index in [2.05, 4.69) is 62.6 Å². The summed E-state index contributed by atoms with van der Waals surface area (Å²) in [6, 6.07) is 16.4. The Morgan fingerprint density at radius 1 is 1.00 bits per heavy atom. The fourth-order valence-corrected chi connectivity index (χ4v) is 2.57. The smallest absolute Gasteiger partial charge is 0.226 e. The maximum Gasteiger partial charge on any atom is 0.226 e. The number of anilines is 2. The Kier molecular flexibility index (Phi) is 6.02. The first-order chi connectivity index (χ1) is 11.4. The summed E-state index contributed by atoms with van der Waals surface area (Å²) in [6.07, 6.45) is 1.36. The summed E-state index contributed by atoms with van der Waals surface area (Å²) < 4.78 is 0. The molecule has 24 heavy (non-hydrogen) atoms. The Hall–Kier alpha value is -2.29. The number of aryl methyl sites for hydroxylation is 1. The first-order valence-electron chi connectivity index (χ1n) is 8.62. The molecule has 0 radical (unpaired) electrons. The van der Waals surface area contributed by atoms with Crippen LogP contribution >= 0.6 is 0 Å². The molecule has 3 nitrogen and oxygen atoms in total. The highest BCUT2D eigenvalue weighted by Crippen LogP contribution is 2.23.